The summed E-state index contributed by atoms with van der Waals surface area (Å²) in [4.78, 5) is 8.07. The molecule has 1 aliphatic carbocycles. The summed E-state index contributed by atoms with van der Waals surface area (Å²) in [6.07, 6.45) is 10.5. The lowest BCUT2D eigenvalue weighted by molar-refractivity contribution is 0.444. The third-order valence-electron chi connectivity index (χ3n) is 6.36. The minimum Gasteiger partial charge on any atom is -0.354 e. The first-order valence-electron chi connectivity index (χ1n) is 10.6. The van der Waals surface area contributed by atoms with Crippen LogP contribution in [-0.4, -0.2) is 19.6 Å². The molecule has 1 fully saturated rings. The first-order chi connectivity index (χ1) is 13.6. The molecule has 0 aliphatic heterocycles. The maximum Gasteiger partial charge on any atom is 0.158 e. The number of nitrogens with one attached hydrogen (secondary N) is 1. The van der Waals surface area contributed by atoms with E-state index in [1.165, 1.54) is 65.4 Å². The Bertz CT molecular complexity index is 1140. The molecule has 1 aliphatic rings. The zero-order valence-corrected chi connectivity index (χ0v) is 17.0. The molecular weight excluding hydrogens is 344 g/mol. The quantitative estimate of drug-likeness (QED) is 0.455. The topological polar surface area (TPSA) is 46.0 Å². The number of benzene rings is 1. The van der Waals surface area contributed by atoms with Gasteiger partial charge in [-0.1, -0.05) is 39.2 Å². The highest BCUT2D eigenvalue weighted by atomic mass is 15.3. The van der Waals surface area contributed by atoms with Gasteiger partial charge in [-0.2, -0.15) is 5.10 Å². The molecule has 0 atom stereocenters. The predicted octanol–water partition coefficient (Wildman–Crippen LogP) is 6.36. The van der Waals surface area contributed by atoms with Crippen molar-refractivity contribution in [2.24, 2.45) is 0 Å². The lowest BCUT2D eigenvalue weighted by Crippen LogP contribution is -2.04. The fourth-order valence-corrected chi connectivity index (χ4v) is 4.98. The van der Waals surface area contributed by atoms with Crippen molar-refractivity contribution >= 4 is 16.6 Å². The van der Waals surface area contributed by atoms with E-state index in [4.69, 9.17) is 0 Å². The molecule has 0 saturated heterocycles. The number of aryl methyl sites for hydroxylation is 1. The number of hydrogen-bond donors (Lipinski definition) is 1. The molecule has 0 bridgehead atoms. The molecule has 1 N–H and O–H groups in total. The van der Waals surface area contributed by atoms with Crippen LogP contribution in [0.1, 0.15) is 74.5 Å². The van der Waals surface area contributed by atoms with Gasteiger partial charge in [-0.25, -0.2) is 9.50 Å². The fraction of sp³-hybridized carbons (Fsp3) is 0.417. The standard InChI is InChI=1S/C24H28N4/c1-15(2)22-20-12-18(17-7-5-4-6-8-17)9-10-21(20)27-23(22)19-11-16(3)24-25-14-26-28(24)13-19/h9-15,17,27H,4-8H2,1-3H3. The average Bonchev–Trinajstić information content (AvgIpc) is 3.32. The predicted molar refractivity (Wildman–Crippen MR) is 115 cm³/mol. The molecule has 1 saturated carbocycles. The Morgan fingerprint density at radius 1 is 1.11 bits per heavy atom. The van der Waals surface area contributed by atoms with Crippen LogP contribution in [0, 0.1) is 6.92 Å². The van der Waals surface area contributed by atoms with Crippen molar-refractivity contribution < 1.29 is 0 Å². The van der Waals surface area contributed by atoms with E-state index in [1.807, 2.05) is 4.52 Å². The molecule has 4 nitrogen and oxygen atoms in total. The van der Waals surface area contributed by atoms with Crippen molar-refractivity contribution in [1.82, 2.24) is 19.6 Å². The molecule has 144 valence electrons. The van der Waals surface area contributed by atoms with E-state index in [0.717, 1.165) is 17.1 Å². The van der Waals surface area contributed by atoms with E-state index in [0.29, 0.717) is 5.92 Å². The Morgan fingerprint density at radius 3 is 2.71 bits per heavy atom. The minimum absolute atomic E-state index is 0.442. The van der Waals surface area contributed by atoms with E-state index in [9.17, 15) is 0 Å². The Kier molecular flexibility index (Phi) is 4.22. The molecule has 28 heavy (non-hydrogen) atoms. The second-order valence-electron chi connectivity index (χ2n) is 8.65. The summed E-state index contributed by atoms with van der Waals surface area (Å²) in [5.74, 6) is 1.17. The van der Waals surface area contributed by atoms with Crippen LogP contribution in [0.2, 0.25) is 0 Å². The van der Waals surface area contributed by atoms with Crippen LogP contribution < -0.4 is 0 Å². The van der Waals surface area contributed by atoms with E-state index >= 15 is 0 Å². The van der Waals surface area contributed by atoms with Gasteiger partial charge in [-0.3, -0.25) is 0 Å². The number of aromatic nitrogens is 4. The van der Waals surface area contributed by atoms with E-state index in [1.54, 1.807) is 6.33 Å². The normalized spacial score (nSPS) is 15.9. The zero-order chi connectivity index (χ0) is 19.3. The number of H-pyrrole nitrogens is 1. The van der Waals surface area contributed by atoms with Crippen molar-refractivity contribution in [2.45, 2.75) is 64.7 Å². The molecular formula is C24H28N4. The molecule has 0 unspecified atom stereocenters. The molecule has 3 heterocycles. The van der Waals surface area contributed by atoms with Gasteiger partial charge in [0.05, 0.1) is 5.69 Å². The monoisotopic (exact) mass is 372 g/mol. The van der Waals surface area contributed by atoms with Crippen molar-refractivity contribution in [3.8, 4) is 11.3 Å². The summed E-state index contributed by atoms with van der Waals surface area (Å²) < 4.78 is 1.88. The first-order valence-corrected chi connectivity index (χ1v) is 10.6. The number of fused-ring (bicyclic) bond motifs is 2. The van der Waals surface area contributed by atoms with Gasteiger partial charge in [-0.15, -0.1) is 0 Å². The van der Waals surface area contributed by atoms with Crippen molar-refractivity contribution in [1.29, 1.82) is 0 Å². The number of nitrogens with zero attached hydrogens (tertiary/aromatic N) is 3. The molecule has 0 spiro atoms. The molecule has 3 aromatic heterocycles. The van der Waals surface area contributed by atoms with Crippen LogP contribution in [0.5, 0.6) is 0 Å². The van der Waals surface area contributed by atoms with Gasteiger partial charge in [0, 0.05) is 22.7 Å². The Labute approximate surface area is 166 Å². The van der Waals surface area contributed by atoms with Crippen LogP contribution in [0.15, 0.2) is 36.8 Å². The van der Waals surface area contributed by atoms with Crippen LogP contribution in [-0.2, 0) is 0 Å². The number of rotatable bonds is 3. The van der Waals surface area contributed by atoms with Gasteiger partial charge >= 0.3 is 0 Å². The van der Waals surface area contributed by atoms with Crippen LogP contribution in [0.25, 0.3) is 27.8 Å². The average molecular weight is 373 g/mol. The second kappa shape index (κ2) is 6.77. The summed E-state index contributed by atoms with van der Waals surface area (Å²) in [7, 11) is 0. The highest BCUT2D eigenvalue weighted by Gasteiger charge is 2.20. The summed E-state index contributed by atoms with van der Waals surface area (Å²) >= 11 is 0. The number of hydrogen-bond acceptors (Lipinski definition) is 2. The summed E-state index contributed by atoms with van der Waals surface area (Å²) in [6.45, 7) is 6.69. The van der Waals surface area contributed by atoms with Crippen LogP contribution in [0.4, 0.5) is 0 Å². The third-order valence-corrected chi connectivity index (χ3v) is 6.36. The van der Waals surface area contributed by atoms with Crippen molar-refractivity contribution in [3.05, 3.63) is 53.5 Å². The van der Waals surface area contributed by atoms with E-state index in [2.05, 4.69) is 66.3 Å². The maximum absolute atomic E-state index is 4.36. The largest absolute Gasteiger partial charge is 0.354 e. The lowest BCUT2D eigenvalue weighted by atomic mass is 9.83. The van der Waals surface area contributed by atoms with Crippen LogP contribution in [0.3, 0.4) is 0 Å². The minimum atomic E-state index is 0.442. The Balaban J connectivity index is 1.68. The molecule has 4 aromatic rings. The highest BCUT2D eigenvalue weighted by Crippen LogP contribution is 2.39. The molecule has 1 aromatic carbocycles. The summed E-state index contributed by atoms with van der Waals surface area (Å²) in [5, 5.41) is 5.74. The van der Waals surface area contributed by atoms with Crippen molar-refractivity contribution in [2.75, 3.05) is 0 Å². The van der Waals surface area contributed by atoms with Crippen molar-refractivity contribution in [3.63, 3.8) is 0 Å². The molecule has 4 heteroatoms. The highest BCUT2D eigenvalue weighted by molar-refractivity contribution is 5.92. The van der Waals surface area contributed by atoms with Gasteiger partial charge in [0.25, 0.3) is 0 Å². The van der Waals surface area contributed by atoms with Crippen LogP contribution >= 0.6 is 0 Å². The third kappa shape index (κ3) is 2.83. The fourth-order valence-electron chi connectivity index (χ4n) is 4.98. The first kappa shape index (κ1) is 17.5. The summed E-state index contributed by atoms with van der Waals surface area (Å²) in [5.41, 5.74) is 8.61. The molecule has 0 amide bonds. The van der Waals surface area contributed by atoms with E-state index in [-0.39, 0.29) is 0 Å². The smallest absolute Gasteiger partial charge is 0.158 e. The molecule has 0 radical (unpaired) electrons. The van der Waals surface area contributed by atoms with Gasteiger partial charge in [0.2, 0.25) is 0 Å². The van der Waals surface area contributed by atoms with Gasteiger partial charge in [0.15, 0.2) is 5.65 Å². The van der Waals surface area contributed by atoms with E-state index < -0.39 is 0 Å². The van der Waals surface area contributed by atoms with Gasteiger partial charge in [-0.05, 0) is 66.5 Å². The van der Waals surface area contributed by atoms with Gasteiger partial charge in [0.1, 0.15) is 6.33 Å². The number of pyridine rings is 1. The lowest BCUT2D eigenvalue weighted by Gasteiger charge is -2.22. The second-order valence-corrected chi connectivity index (χ2v) is 8.65. The summed E-state index contributed by atoms with van der Waals surface area (Å²) in [6, 6.07) is 9.31. The Morgan fingerprint density at radius 2 is 1.93 bits per heavy atom. The SMILES string of the molecule is Cc1cc(-c2[nH]c3ccc(C4CCCCC4)cc3c2C(C)C)cn2ncnc12. The molecule has 5 rings (SSSR count). The Hall–Kier alpha value is -2.62. The maximum atomic E-state index is 4.36. The zero-order valence-electron chi connectivity index (χ0n) is 17.0. The number of aromatic amines is 1. The van der Waals surface area contributed by atoms with Gasteiger partial charge < -0.3 is 4.98 Å².